The summed E-state index contributed by atoms with van der Waals surface area (Å²) in [7, 11) is 0. The highest BCUT2D eigenvalue weighted by molar-refractivity contribution is 5.73. The van der Waals surface area contributed by atoms with Crippen LogP contribution in [-0.2, 0) is 13.1 Å². The van der Waals surface area contributed by atoms with E-state index in [4.69, 9.17) is 0 Å². The van der Waals surface area contributed by atoms with Gasteiger partial charge in [0.2, 0.25) is 0 Å². The molecule has 0 spiro atoms. The molecule has 1 aromatic rings. The van der Waals surface area contributed by atoms with E-state index in [1.165, 1.54) is 31.4 Å². The monoisotopic (exact) mass is 388 g/mol. The third kappa shape index (κ3) is 8.19. The topological polar surface area (TPSA) is 47.6 Å². The van der Waals surface area contributed by atoms with Crippen LogP contribution in [0.15, 0.2) is 24.3 Å². The van der Waals surface area contributed by atoms with E-state index in [0.29, 0.717) is 6.54 Å². The number of carbonyl (C=O) groups excluding carboxylic acids is 1. The molecule has 0 saturated carbocycles. The van der Waals surface area contributed by atoms with Gasteiger partial charge in [-0.3, -0.25) is 4.90 Å². The number of nitrogens with zero attached hydrogens (tertiary/aromatic N) is 2. The van der Waals surface area contributed by atoms with Crippen molar-refractivity contribution in [3.63, 3.8) is 0 Å². The van der Waals surface area contributed by atoms with Gasteiger partial charge in [-0.05, 0) is 69.9 Å². The average molecular weight is 389 g/mol. The second-order valence-corrected chi connectivity index (χ2v) is 7.98. The van der Waals surface area contributed by atoms with E-state index in [-0.39, 0.29) is 6.03 Å². The van der Waals surface area contributed by atoms with Crippen LogP contribution < -0.4 is 10.6 Å². The number of carbonyl (C=O) groups is 1. The van der Waals surface area contributed by atoms with E-state index in [2.05, 4.69) is 65.5 Å². The standard InChI is InChI=1S/C23H40N4O/c1-4-26(5-2)19-22-13-11-21(12-14-22)18-25-23(28)24-15-7-9-17-27-16-8-6-10-20(27)3/h11-14,20H,4-10,15-19H2,1-3H3,(H2,24,25,28). The summed E-state index contributed by atoms with van der Waals surface area (Å²) in [6.45, 7) is 13.5. The summed E-state index contributed by atoms with van der Waals surface area (Å²) in [5, 5.41) is 5.94. The molecule has 2 amide bonds. The number of likely N-dealkylation sites (tertiary alicyclic amines) is 1. The number of piperidine rings is 1. The normalized spacial score (nSPS) is 17.6. The molecule has 158 valence electrons. The number of benzene rings is 1. The predicted molar refractivity (Wildman–Crippen MR) is 117 cm³/mol. The number of rotatable bonds is 11. The van der Waals surface area contributed by atoms with Crippen molar-refractivity contribution in [2.75, 3.05) is 32.7 Å². The molecule has 1 unspecified atom stereocenters. The first kappa shape index (κ1) is 22.7. The molecular formula is C23H40N4O. The summed E-state index contributed by atoms with van der Waals surface area (Å²) in [6.07, 6.45) is 6.23. The molecule has 1 heterocycles. The molecule has 0 bridgehead atoms. The Labute approximate surface area is 171 Å². The van der Waals surface area contributed by atoms with Crippen molar-refractivity contribution in [2.24, 2.45) is 0 Å². The highest BCUT2D eigenvalue weighted by atomic mass is 16.2. The second-order valence-electron chi connectivity index (χ2n) is 7.98. The Bertz CT molecular complexity index is 556. The first-order chi connectivity index (χ1) is 13.6. The molecule has 0 aromatic heterocycles. The molecule has 5 nitrogen and oxygen atoms in total. The third-order valence-corrected chi connectivity index (χ3v) is 5.87. The van der Waals surface area contributed by atoms with E-state index in [1.807, 2.05) is 0 Å². The van der Waals surface area contributed by atoms with Crippen molar-refractivity contribution in [1.29, 1.82) is 0 Å². The van der Waals surface area contributed by atoms with Crippen molar-refractivity contribution in [1.82, 2.24) is 20.4 Å². The minimum atomic E-state index is -0.0708. The molecule has 1 fully saturated rings. The minimum Gasteiger partial charge on any atom is -0.338 e. The lowest BCUT2D eigenvalue weighted by Gasteiger charge is -2.33. The van der Waals surface area contributed by atoms with Crippen LogP contribution in [-0.4, -0.2) is 54.6 Å². The van der Waals surface area contributed by atoms with Crippen molar-refractivity contribution < 1.29 is 4.79 Å². The van der Waals surface area contributed by atoms with Gasteiger partial charge in [-0.15, -0.1) is 0 Å². The van der Waals surface area contributed by atoms with Gasteiger partial charge in [-0.25, -0.2) is 4.79 Å². The first-order valence-corrected chi connectivity index (χ1v) is 11.2. The quantitative estimate of drug-likeness (QED) is 0.564. The van der Waals surface area contributed by atoms with Crippen LogP contribution in [0.5, 0.6) is 0 Å². The van der Waals surface area contributed by atoms with Crippen LogP contribution in [0.1, 0.15) is 64.0 Å². The fourth-order valence-electron chi connectivity index (χ4n) is 3.84. The van der Waals surface area contributed by atoms with E-state index >= 15 is 0 Å². The summed E-state index contributed by atoms with van der Waals surface area (Å²) in [5.74, 6) is 0. The number of hydrogen-bond acceptors (Lipinski definition) is 3. The Morgan fingerprint density at radius 2 is 1.79 bits per heavy atom. The molecule has 1 atom stereocenters. The van der Waals surface area contributed by atoms with Gasteiger partial charge in [0.1, 0.15) is 0 Å². The summed E-state index contributed by atoms with van der Waals surface area (Å²) in [4.78, 5) is 17.0. The largest absolute Gasteiger partial charge is 0.338 e. The van der Waals surface area contributed by atoms with Crippen LogP contribution in [0, 0.1) is 0 Å². The van der Waals surface area contributed by atoms with Crippen LogP contribution in [0.3, 0.4) is 0 Å². The SMILES string of the molecule is CCN(CC)Cc1ccc(CNC(=O)NCCCCN2CCCCC2C)cc1. The smallest absolute Gasteiger partial charge is 0.315 e. The Hall–Kier alpha value is -1.59. The van der Waals surface area contributed by atoms with E-state index in [1.54, 1.807) is 0 Å². The predicted octanol–water partition coefficient (Wildman–Crippen LogP) is 3.98. The molecule has 1 aromatic carbocycles. The Kier molecular flexibility index (Phi) is 10.4. The van der Waals surface area contributed by atoms with E-state index in [0.717, 1.165) is 57.2 Å². The maximum atomic E-state index is 12.0. The Morgan fingerprint density at radius 3 is 2.46 bits per heavy atom. The van der Waals surface area contributed by atoms with Gasteiger partial charge in [0, 0.05) is 25.7 Å². The zero-order valence-electron chi connectivity index (χ0n) is 18.2. The molecule has 2 rings (SSSR count). The van der Waals surface area contributed by atoms with Gasteiger partial charge < -0.3 is 15.5 Å². The molecule has 1 aliphatic heterocycles. The van der Waals surface area contributed by atoms with Crippen molar-refractivity contribution in [3.8, 4) is 0 Å². The Balaban J connectivity index is 1.56. The molecular weight excluding hydrogens is 348 g/mol. The van der Waals surface area contributed by atoms with Gasteiger partial charge in [0.05, 0.1) is 0 Å². The number of hydrogen-bond donors (Lipinski definition) is 2. The lowest BCUT2D eigenvalue weighted by molar-refractivity contribution is 0.158. The van der Waals surface area contributed by atoms with Gasteiger partial charge in [-0.1, -0.05) is 44.5 Å². The third-order valence-electron chi connectivity index (χ3n) is 5.87. The number of unbranched alkanes of at least 4 members (excludes halogenated alkanes) is 1. The molecule has 5 heteroatoms. The highest BCUT2D eigenvalue weighted by Gasteiger charge is 2.16. The molecule has 1 aliphatic rings. The Morgan fingerprint density at radius 1 is 1.07 bits per heavy atom. The lowest BCUT2D eigenvalue weighted by atomic mass is 10.0. The zero-order chi connectivity index (χ0) is 20.2. The van der Waals surface area contributed by atoms with Crippen molar-refractivity contribution in [2.45, 2.75) is 72.0 Å². The van der Waals surface area contributed by atoms with Crippen LogP contribution in [0.25, 0.3) is 0 Å². The summed E-state index contributed by atoms with van der Waals surface area (Å²) >= 11 is 0. The molecule has 0 aliphatic carbocycles. The van der Waals surface area contributed by atoms with Gasteiger partial charge >= 0.3 is 6.03 Å². The number of amides is 2. The van der Waals surface area contributed by atoms with Gasteiger partial charge in [-0.2, -0.15) is 0 Å². The average Bonchev–Trinajstić information content (AvgIpc) is 2.72. The highest BCUT2D eigenvalue weighted by Crippen LogP contribution is 2.16. The number of urea groups is 1. The van der Waals surface area contributed by atoms with E-state index in [9.17, 15) is 4.79 Å². The zero-order valence-corrected chi connectivity index (χ0v) is 18.2. The summed E-state index contributed by atoms with van der Waals surface area (Å²) in [6, 6.07) is 9.20. The summed E-state index contributed by atoms with van der Waals surface area (Å²) in [5.41, 5.74) is 2.46. The summed E-state index contributed by atoms with van der Waals surface area (Å²) < 4.78 is 0. The molecule has 28 heavy (non-hydrogen) atoms. The molecule has 2 N–H and O–H groups in total. The van der Waals surface area contributed by atoms with Crippen LogP contribution in [0.2, 0.25) is 0 Å². The van der Waals surface area contributed by atoms with E-state index < -0.39 is 0 Å². The first-order valence-electron chi connectivity index (χ1n) is 11.2. The maximum Gasteiger partial charge on any atom is 0.315 e. The maximum absolute atomic E-state index is 12.0. The fourth-order valence-corrected chi connectivity index (χ4v) is 3.84. The second kappa shape index (κ2) is 12.8. The van der Waals surface area contributed by atoms with Crippen molar-refractivity contribution in [3.05, 3.63) is 35.4 Å². The molecule has 1 saturated heterocycles. The van der Waals surface area contributed by atoms with Crippen LogP contribution >= 0.6 is 0 Å². The van der Waals surface area contributed by atoms with Gasteiger partial charge in [0.15, 0.2) is 0 Å². The lowest BCUT2D eigenvalue weighted by Crippen LogP contribution is -2.38. The van der Waals surface area contributed by atoms with Crippen molar-refractivity contribution >= 4 is 6.03 Å². The molecule has 0 radical (unpaired) electrons. The fraction of sp³-hybridized carbons (Fsp3) is 0.696. The minimum absolute atomic E-state index is 0.0708. The van der Waals surface area contributed by atoms with Crippen LogP contribution in [0.4, 0.5) is 4.79 Å². The van der Waals surface area contributed by atoms with Gasteiger partial charge in [0.25, 0.3) is 0 Å². The number of nitrogens with one attached hydrogen (secondary N) is 2.